The lowest BCUT2D eigenvalue weighted by Gasteiger charge is -2.09. The van der Waals surface area contributed by atoms with E-state index in [0.29, 0.717) is 17.7 Å². The van der Waals surface area contributed by atoms with Gasteiger partial charge < -0.3 is 9.72 Å². The Morgan fingerprint density at radius 3 is 2.80 bits per heavy atom. The van der Waals surface area contributed by atoms with Crippen LogP contribution in [0, 0.1) is 0 Å². The van der Waals surface area contributed by atoms with E-state index in [1.54, 1.807) is 0 Å². The molecule has 0 radical (unpaired) electrons. The summed E-state index contributed by atoms with van der Waals surface area (Å²) in [6.45, 7) is 4.27. The van der Waals surface area contributed by atoms with Crippen LogP contribution < -0.4 is 10.3 Å². The van der Waals surface area contributed by atoms with Gasteiger partial charge in [0.2, 0.25) is 5.88 Å². The minimum Gasteiger partial charge on any atom is -0.439 e. The van der Waals surface area contributed by atoms with Gasteiger partial charge in [0, 0.05) is 5.92 Å². The number of aromatic amines is 1. The molecule has 1 heterocycles. The summed E-state index contributed by atoms with van der Waals surface area (Å²) >= 11 is 0. The van der Waals surface area contributed by atoms with E-state index >= 15 is 0 Å². The fraction of sp³-hybridized carbons (Fsp3) is 0.375. The number of ether oxygens (including phenoxy) is 1. The van der Waals surface area contributed by atoms with Crippen LogP contribution in [0.3, 0.4) is 0 Å². The summed E-state index contributed by atoms with van der Waals surface area (Å²) in [6, 6.07) is 9.29. The number of hydrogen-bond acceptors (Lipinski definition) is 3. The first-order valence-electron chi connectivity index (χ1n) is 7.01. The van der Waals surface area contributed by atoms with Crippen molar-refractivity contribution >= 4 is 0 Å². The minimum absolute atomic E-state index is 0.156. The summed E-state index contributed by atoms with van der Waals surface area (Å²) in [5.74, 6) is 2.67. The van der Waals surface area contributed by atoms with Crippen LogP contribution in [0.1, 0.15) is 49.9 Å². The zero-order chi connectivity index (χ0) is 14.1. The summed E-state index contributed by atoms with van der Waals surface area (Å²) in [5, 5.41) is 0. The Kier molecular flexibility index (Phi) is 3.30. The smallest absolute Gasteiger partial charge is 0.254 e. The predicted molar refractivity (Wildman–Crippen MR) is 77.4 cm³/mol. The second kappa shape index (κ2) is 5.12. The standard InChI is InChI=1S/C16H18N2O2/c1-10(2)12-4-3-5-13(8-12)20-15-9-14(19)17-16(18-15)11-6-7-11/h3-5,8-11H,6-7H2,1-2H3,(H,17,18,19). The maximum absolute atomic E-state index is 11.6. The lowest BCUT2D eigenvalue weighted by molar-refractivity contribution is 0.456. The van der Waals surface area contributed by atoms with Gasteiger partial charge in [-0.2, -0.15) is 4.98 Å². The molecule has 1 N–H and O–H groups in total. The van der Waals surface area contributed by atoms with Gasteiger partial charge in [-0.05, 0) is 36.5 Å². The van der Waals surface area contributed by atoms with Gasteiger partial charge in [-0.25, -0.2) is 0 Å². The topological polar surface area (TPSA) is 55.0 Å². The van der Waals surface area contributed by atoms with Gasteiger partial charge in [-0.15, -0.1) is 0 Å². The van der Waals surface area contributed by atoms with Crippen LogP contribution in [0.15, 0.2) is 35.1 Å². The molecule has 1 aromatic heterocycles. The molecule has 2 aromatic rings. The monoisotopic (exact) mass is 270 g/mol. The predicted octanol–water partition coefficient (Wildman–Crippen LogP) is 3.56. The first-order valence-corrected chi connectivity index (χ1v) is 7.01. The highest BCUT2D eigenvalue weighted by Gasteiger charge is 2.26. The van der Waals surface area contributed by atoms with Crippen molar-refractivity contribution in [2.75, 3.05) is 0 Å². The normalized spacial score (nSPS) is 14.6. The van der Waals surface area contributed by atoms with Gasteiger partial charge in [0.1, 0.15) is 11.6 Å². The van der Waals surface area contributed by atoms with Crippen LogP contribution in [0.5, 0.6) is 11.6 Å². The molecule has 20 heavy (non-hydrogen) atoms. The van der Waals surface area contributed by atoms with E-state index in [1.807, 2.05) is 18.2 Å². The summed E-state index contributed by atoms with van der Waals surface area (Å²) in [5.41, 5.74) is 1.05. The van der Waals surface area contributed by atoms with Crippen LogP contribution in [-0.4, -0.2) is 9.97 Å². The molecule has 0 atom stereocenters. The highest BCUT2D eigenvalue weighted by Crippen LogP contribution is 2.38. The lowest BCUT2D eigenvalue weighted by atomic mass is 10.0. The molecule has 0 bridgehead atoms. The Labute approximate surface area is 117 Å². The quantitative estimate of drug-likeness (QED) is 0.924. The van der Waals surface area contributed by atoms with Crippen molar-refractivity contribution in [3.8, 4) is 11.6 Å². The van der Waals surface area contributed by atoms with Crippen molar-refractivity contribution < 1.29 is 4.74 Å². The number of nitrogens with one attached hydrogen (secondary N) is 1. The molecule has 1 saturated carbocycles. The Morgan fingerprint density at radius 2 is 2.10 bits per heavy atom. The number of rotatable bonds is 4. The van der Waals surface area contributed by atoms with Crippen molar-refractivity contribution in [3.05, 3.63) is 52.1 Å². The van der Waals surface area contributed by atoms with Crippen molar-refractivity contribution in [1.82, 2.24) is 9.97 Å². The van der Waals surface area contributed by atoms with E-state index in [2.05, 4.69) is 29.9 Å². The zero-order valence-corrected chi connectivity index (χ0v) is 11.7. The largest absolute Gasteiger partial charge is 0.439 e. The van der Waals surface area contributed by atoms with E-state index in [-0.39, 0.29) is 5.56 Å². The molecule has 4 heteroatoms. The van der Waals surface area contributed by atoms with Gasteiger partial charge in [0.05, 0.1) is 6.07 Å². The third kappa shape index (κ3) is 2.90. The summed E-state index contributed by atoms with van der Waals surface area (Å²) in [4.78, 5) is 18.8. The molecule has 4 nitrogen and oxygen atoms in total. The van der Waals surface area contributed by atoms with Crippen molar-refractivity contribution in [2.45, 2.75) is 38.5 Å². The van der Waals surface area contributed by atoms with E-state index in [0.717, 1.165) is 24.4 Å². The van der Waals surface area contributed by atoms with Crippen molar-refractivity contribution in [2.24, 2.45) is 0 Å². The molecule has 3 rings (SSSR count). The van der Waals surface area contributed by atoms with Gasteiger partial charge in [-0.3, -0.25) is 4.79 Å². The van der Waals surface area contributed by atoms with Crippen molar-refractivity contribution in [1.29, 1.82) is 0 Å². The molecular formula is C16H18N2O2. The third-order valence-corrected chi connectivity index (χ3v) is 3.45. The van der Waals surface area contributed by atoms with Crippen LogP contribution in [-0.2, 0) is 0 Å². The number of hydrogen-bond donors (Lipinski definition) is 1. The number of benzene rings is 1. The molecule has 1 aromatic carbocycles. The van der Waals surface area contributed by atoms with E-state index < -0.39 is 0 Å². The first-order chi connectivity index (χ1) is 9.61. The van der Waals surface area contributed by atoms with E-state index in [9.17, 15) is 4.79 Å². The first kappa shape index (κ1) is 12.9. The van der Waals surface area contributed by atoms with Gasteiger partial charge in [0.25, 0.3) is 5.56 Å². The average Bonchev–Trinajstić information content (AvgIpc) is 3.22. The second-order valence-electron chi connectivity index (χ2n) is 5.57. The Bertz CT molecular complexity index is 672. The molecule has 1 aliphatic rings. The number of H-pyrrole nitrogens is 1. The van der Waals surface area contributed by atoms with Crippen LogP contribution in [0.4, 0.5) is 0 Å². The molecule has 0 amide bonds. The highest BCUT2D eigenvalue weighted by atomic mass is 16.5. The van der Waals surface area contributed by atoms with Crippen molar-refractivity contribution in [3.63, 3.8) is 0 Å². The van der Waals surface area contributed by atoms with Gasteiger partial charge in [0.15, 0.2) is 0 Å². The second-order valence-corrected chi connectivity index (χ2v) is 5.57. The highest BCUT2D eigenvalue weighted by molar-refractivity contribution is 5.33. The lowest BCUT2D eigenvalue weighted by Crippen LogP contribution is -2.10. The Morgan fingerprint density at radius 1 is 1.30 bits per heavy atom. The summed E-state index contributed by atoms with van der Waals surface area (Å²) < 4.78 is 5.74. The Hall–Kier alpha value is -2.10. The third-order valence-electron chi connectivity index (χ3n) is 3.45. The molecular weight excluding hydrogens is 252 g/mol. The van der Waals surface area contributed by atoms with Crippen LogP contribution in [0.25, 0.3) is 0 Å². The number of nitrogens with zero attached hydrogens (tertiary/aromatic N) is 1. The zero-order valence-electron chi connectivity index (χ0n) is 11.7. The maximum atomic E-state index is 11.6. The minimum atomic E-state index is -0.156. The van der Waals surface area contributed by atoms with E-state index in [1.165, 1.54) is 11.6 Å². The van der Waals surface area contributed by atoms with Gasteiger partial charge in [-0.1, -0.05) is 26.0 Å². The van der Waals surface area contributed by atoms with E-state index in [4.69, 9.17) is 4.74 Å². The molecule has 104 valence electrons. The number of aromatic nitrogens is 2. The molecule has 0 unspecified atom stereocenters. The average molecular weight is 270 g/mol. The summed E-state index contributed by atoms with van der Waals surface area (Å²) in [6.07, 6.45) is 2.18. The molecule has 1 aliphatic carbocycles. The maximum Gasteiger partial charge on any atom is 0.254 e. The molecule has 1 fully saturated rings. The van der Waals surface area contributed by atoms with Crippen LogP contribution in [0.2, 0.25) is 0 Å². The fourth-order valence-corrected chi connectivity index (χ4v) is 2.11. The molecule has 0 spiro atoms. The molecule has 0 saturated heterocycles. The summed E-state index contributed by atoms with van der Waals surface area (Å²) in [7, 11) is 0. The van der Waals surface area contributed by atoms with Gasteiger partial charge >= 0.3 is 0 Å². The Balaban J connectivity index is 1.87. The SMILES string of the molecule is CC(C)c1cccc(Oc2cc(=O)[nH]c(C3CC3)n2)c1. The van der Waals surface area contributed by atoms with Crippen LogP contribution >= 0.6 is 0 Å². The molecule has 0 aliphatic heterocycles. The fourth-order valence-electron chi connectivity index (χ4n) is 2.11.